The van der Waals surface area contributed by atoms with E-state index in [-0.39, 0.29) is 12.1 Å². The molecule has 0 aliphatic heterocycles. The predicted molar refractivity (Wildman–Crippen MR) is 55.6 cm³/mol. The SMILES string of the molecule is COC1(CNS(=O)(=O)C(C)C#N)CCC1. The predicted octanol–water partition coefficient (Wildman–Crippen LogP) is 0.387. The van der Waals surface area contributed by atoms with Crippen molar-refractivity contribution < 1.29 is 13.2 Å². The number of hydrogen-bond donors (Lipinski definition) is 1. The van der Waals surface area contributed by atoms with E-state index in [1.165, 1.54) is 6.92 Å². The summed E-state index contributed by atoms with van der Waals surface area (Å²) in [4.78, 5) is 0. The van der Waals surface area contributed by atoms with E-state index in [4.69, 9.17) is 10.00 Å². The van der Waals surface area contributed by atoms with Gasteiger partial charge in [-0.15, -0.1) is 0 Å². The lowest BCUT2D eigenvalue weighted by Crippen LogP contribution is -2.50. The van der Waals surface area contributed by atoms with Gasteiger partial charge in [-0.05, 0) is 26.2 Å². The second-order valence-corrected chi connectivity index (χ2v) is 5.96. The van der Waals surface area contributed by atoms with E-state index in [0.29, 0.717) is 0 Å². The van der Waals surface area contributed by atoms with Crippen LogP contribution in [0.1, 0.15) is 26.2 Å². The lowest BCUT2D eigenvalue weighted by molar-refractivity contribution is -0.0659. The van der Waals surface area contributed by atoms with E-state index in [1.54, 1.807) is 13.2 Å². The molecule has 1 aliphatic carbocycles. The van der Waals surface area contributed by atoms with Crippen LogP contribution in [0.5, 0.6) is 0 Å². The molecule has 0 aromatic rings. The molecule has 0 amide bonds. The van der Waals surface area contributed by atoms with Crippen LogP contribution >= 0.6 is 0 Å². The molecular formula is C9H16N2O3S. The average Bonchev–Trinajstić information content (AvgIpc) is 2.15. The highest BCUT2D eigenvalue weighted by atomic mass is 32.2. The van der Waals surface area contributed by atoms with Gasteiger partial charge in [-0.3, -0.25) is 0 Å². The molecule has 5 nitrogen and oxygen atoms in total. The molecule has 0 aromatic heterocycles. The summed E-state index contributed by atoms with van der Waals surface area (Å²) in [5.74, 6) is 0. The maximum Gasteiger partial charge on any atom is 0.227 e. The fraction of sp³-hybridized carbons (Fsp3) is 0.889. The van der Waals surface area contributed by atoms with E-state index in [9.17, 15) is 8.42 Å². The molecule has 0 spiro atoms. The molecule has 86 valence electrons. The molecule has 1 aliphatic rings. The molecule has 0 aromatic carbocycles. The molecule has 0 radical (unpaired) electrons. The lowest BCUT2D eigenvalue weighted by atomic mass is 9.80. The first kappa shape index (κ1) is 12.4. The second kappa shape index (κ2) is 4.47. The summed E-state index contributed by atoms with van der Waals surface area (Å²) < 4.78 is 30.7. The molecule has 1 unspecified atom stereocenters. The van der Waals surface area contributed by atoms with Gasteiger partial charge in [0.15, 0.2) is 5.25 Å². The van der Waals surface area contributed by atoms with Crippen molar-refractivity contribution in [1.29, 1.82) is 5.26 Å². The minimum Gasteiger partial charge on any atom is -0.377 e. The Hall–Kier alpha value is -0.640. The van der Waals surface area contributed by atoms with Gasteiger partial charge in [0.2, 0.25) is 10.0 Å². The van der Waals surface area contributed by atoms with Crippen molar-refractivity contribution >= 4 is 10.0 Å². The Labute approximate surface area is 90.5 Å². The third kappa shape index (κ3) is 2.68. The zero-order valence-corrected chi connectivity index (χ0v) is 9.80. The molecule has 0 saturated heterocycles. The van der Waals surface area contributed by atoms with Crippen molar-refractivity contribution in [2.75, 3.05) is 13.7 Å². The van der Waals surface area contributed by atoms with Crippen LogP contribution in [0.3, 0.4) is 0 Å². The van der Waals surface area contributed by atoms with E-state index >= 15 is 0 Å². The number of nitrogens with zero attached hydrogens (tertiary/aromatic N) is 1. The molecule has 1 fully saturated rings. The van der Waals surface area contributed by atoms with Gasteiger partial charge in [0, 0.05) is 13.7 Å². The van der Waals surface area contributed by atoms with E-state index in [0.717, 1.165) is 19.3 Å². The highest BCUT2D eigenvalue weighted by Crippen LogP contribution is 2.34. The topological polar surface area (TPSA) is 79.2 Å². The highest BCUT2D eigenvalue weighted by molar-refractivity contribution is 7.90. The fourth-order valence-electron chi connectivity index (χ4n) is 1.45. The average molecular weight is 232 g/mol. The van der Waals surface area contributed by atoms with Gasteiger partial charge in [-0.25, -0.2) is 13.1 Å². The number of nitriles is 1. The van der Waals surface area contributed by atoms with E-state index < -0.39 is 15.3 Å². The summed E-state index contributed by atoms with van der Waals surface area (Å²) in [7, 11) is -1.94. The first-order valence-corrected chi connectivity index (χ1v) is 6.44. The van der Waals surface area contributed by atoms with Crippen molar-refractivity contribution in [3.05, 3.63) is 0 Å². The van der Waals surface area contributed by atoms with Crippen LogP contribution in [0.15, 0.2) is 0 Å². The van der Waals surface area contributed by atoms with Gasteiger partial charge < -0.3 is 4.74 Å². The van der Waals surface area contributed by atoms with Gasteiger partial charge in [0.1, 0.15) is 0 Å². The smallest absolute Gasteiger partial charge is 0.227 e. The Morgan fingerprint density at radius 2 is 2.20 bits per heavy atom. The highest BCUT2D eigenvalue weighted by Gasteiger charge is 2.38. The minimum absolute atomic E-state index is 0.262. The van der Waals surface area contributed by atoms with Crippen LogP contribution in [-0.2, 0) is 14.8 Å². The first-order valence-electron chi connectivity index (χ1n) is 4.89. The van der Waals surface area contributed by atoms with Gasteiger partial charge >= 0.3 is 0 Å². The molecular weight excluding hydrogens is 216 g/mol. The zero-order valence-electron chi connectivity index (χ0n) is 8.99. The molecule has 1 saturated carbocycles. The largest absolute Gasteiger partial charge is 0.377 e. The number of methoxy groups -OCH3 is 1. The molecule has 1 atom stereocenters. The van der Waals surface area contributed by atoms with Crippen molar-refractivity contribution in [2.45, 2.75) is 37.0 Å². The standard InChI is InChI=1S/C9H16N2O3S/c1-8(6-10)15(12,13)11-7-9(14-2)4-3-5-9/h8,11H,3-5,7H2,1-2H3. The Bertz CT molecular complexity index is 349. The first-order chi connectivity index (χ1) is 6.96. The fourth-order valence-corrected chi connectivity index (χ4v) is 2.30. The van der Waals surface area contributed by atoms with Crippen molar-refractivity contribution in [3.8, 4) is 6.07 Å². The third-order valence-corrected chi connectivity index (χ3v) is 4.52. The Kier molecular flexibility index (Phi) is 3.71. The Morgan fingerprint density at radius 1 is 1.60 bits per heavy atom. The molecule has 0 heterocycles. The molecule has 15 heavy (non-hydrogen) atoms. The minimum atomic E-state index is -3.52. The second-order valence-electron chi connectivity index (χ2n) is 3.88. The molecule has 0 bridgehead atoms. The molecule has 1 N–H and O–H groups in total. The number of nitrogens with one attached hydrogen (secondary N) is 1. The summed E-state index contributed by atoms with van der Waals surface area (Å²) in [6.07, 6.45) is 2.79. The number of hydrogen-bond acceptors (Lipinski definition) is 4. The molecule has 1 rings (SSSR count). The van der Waals surface area contributed by atoms with Crippen LogP contribution in [0.4, 0.5) is 0 Å². The Balaban J connectivity index is 2.53. The van der Waals surface area contributed by atoms with E-state index in [2.05, 4.69) is 4.72 Å². The van der Waals surface area contributed by atoms with Crippen LogP contribution in [0.25, 0.3) is 0 Å². The summed E-state index contributed by atoms with van der Waals surface area (Å²) in [6, 6.07) is 1.70. The summed E-state index contributed by atoms with van der Waals surface area (Å²) >= 11 is 0. The van der Waals surface area contributed by atoms with Crippen LogP contribution in [0, 0.1) is 11.3 Å². The van der Waals surface area contributed by atoms with Crippen molar-refractivity contribution in [1.82, 2.24) is 4.72 Å². The number of sulfonamides is 1. The van der Waals surface area contributed by atoms with Gasteiger partial charge in [-0.1, -0.05) is 0 Å². The molecule has 6 heteroatoms. The summed E-state index contributed by atoms with van der Waals surface area (Å²) in [6.45, 7) is 1.63. The maximum atomic E-state index is 11.5. The van der Waals surface area contributed by atoms with Gasteiger partial charge in [0.05, 0.1) is 11.7 Å². The number of ether oxygens (including phenoxy) is 1. The van der Waals surface area contributed by atoms with Crippen LogP contribution < -0.4 is 4.72 Å². The Morgan fingerprint density at radius 3 is 2.53 bits per heavy atom. The van der Waals surface area contributed by atoms with E-state index in [1.807, 2.05) is 0 Å². The van der Waals surface area contributed by atoms with Gasteiger partial charge in [-0.2, -0.15) is 5.26 Å². The normalized spacial score (nSPS) is 21.4. The van der Waals surface area contributed by atoms with Crippen LogP contribution in [-0.4, -0.2) is 32.9 Å². The summed E-state index contributed by atoms with van der Waals surface area (Å²) in [5.41, 5.74) is -0.345. The quantitative estimate of drug-likeness (QED) is 0.743. The van der Waals surface area contributed by atoms with Gasteiger partial charge in [0.25, 0.3) is 0 Å². The maximum absolute atomic E-state index is 11.5. The van der Waals surface area contributed by atoms with Crippen molar-refractivity contribution in [2.24, 2.45) is 0 Å². The van der Waals surface area contributed by atoms with Crippen LogP contribution in [0.2, 0.25) is 0 Å². The zero-order chi connectivity index (χ0) is 11.5. The number of rotatable bonds is 5. The third-order valence-electron chi connectivity index (χ3n) is 2.94. The van der Waals surface area contributed by atoms with Crippen molar-refractivity contribution in [3.63, 3.8) is 0 Å². The lowest BCUT2D eigenvalue weighted by Gasteiger charge is -2.40. The monoisotopic (exact) mass is 232 g/mol. The summed E-state index contributed by atoms with van der Waals surface area (Å²) in [5, 5.41) is 7.51.